The lowest BCUT2D eigenvalue weighted by molar-refractivity contribution is -0.115. The summed E-state index contributed by atoms with van der Waals surface area (Å²) >= 11 is 0. The van der Waals surface area contributed by atoms with Crippen molar-refractivity contribution in [3.05, 3.63) is 59.2 Å². The Hall–Kier alpha value is -2.82. The molecule has 0 aliphatic heterocycles. The second kappa shape index (κ2) is 8.15. The van der Waals surface area contributed by atoms with Gasteiger partial charge in [0.05, 0.1) is 25.7 Å². The summed E-state index contributed by atoms with van der Waals surface area (Å²) in [5, 5.41) is 2.84. The van der Waals surface area contributed by atoms with Crippen LogP contribution in [0, 0.1) is 6.92 Å². The smallest absolute Gasteiger partial charge is 0.338 e. The Balaban J connectivity index is 2.06. The fourth-order valence-electron chi connectivity index (χ4n) is 2.35. The first-order chi connectivity index (χ1) is 11.5. The highest BCUT2D eigenvalue weighted by molar-refractivity contribution is 5.97. The molecule has 0 unspecified atom stereocenters. The molecule has 1 amide bonds. The van der Waals surface area contributed by atoms with Crippen molar-refractivity contribution in [1.29, 1.82) is 0 Å². The van der Waals surface area contributed by atoms with Crippen molar-refractivity contribution in [2.24, 2.45) is 0 Å². The molecule has 0 radical (unpaired) electrons. The van der Waals surface area contributed by atoms with Crippen LogP contribution >= 0.6 is 0 Å². The predicted octanol–water partition coefficient (Wildman–Crippen LogP) is 3.36. The van der Waals surface area contributed by atoms with Gasteiger partial charge in [-0.3, -0.25) is 4.79 Å². The molecule has 0 aromatic heterocycles. The van der Waals surface area contributed by atoms with Crippen LogP contribution in [0.2, 0.25) is 0 Å². The molecule has 0 bridgehead atoms. The van der Waals surface area contributed by atoms with Crippen molar-refractivity contribution in [1.82, 2.24) is 0 Å². The standard InChI is InChI=1S/C19H21NO4/c1-4-24-15-10-8-14(9-11-15)12-18(21)20-17-7-5-6-16(13(17)2)19(22)23-3/h5-11H,4,12H2,1-3H3,(H,20,21). The van der Waals surface area contributed by atoms with Crippen LogP contribution in [0.25, 0.3) is 0 Å². The van der Waals surface area contributed by atoms with Crippen LogP contribution < -0.4 is 10.1 Å². The van der Waals surface area contributed by atoms with Crippen molar-refractivity contribution in [3.8, 4) is 5.75 Å². The largest absolute Gasteiger partial charge is 0.494 e. The summed E-state index contributed by atoms with van der Waals surface area (Å²) in [6.07, 6.45) is 0.244. The molecule has 5 nitrogen and oxygen atoms in total. The van der Waals surface area contributed by atoms with Crippen LogP contribution in [0.3, 0.4) is 0 Å². The zero-order chi connectivity index (χ0) is 17.5. The molecule has 24 heavy (non-hydrogen) atoms. The number of hydrogen-bond donors (Lipinski definition) is 1. The van der Waals surface area contributed by atoms with Crippen LogP contribution in [0.4, 0.5) is 5.69 Å². The van der Waals surface area contributed by atoms with E-state index in [1.165, 1.54) is 7.11 Å². The number of hydrogen-bond acceptors (Lipinski definition) is 4. The molecule has 2 aromatic carbocycles. The molecule has 0 spiro atoms. The van der Waals surface area contributed by atoms with Gasteiger partial charge < -0.3 is 14.8 Å². The molecule has 2 aromatic rings. The van der Waals surface area contributed by atoms with Gasteiger partial charge in [0.15, 0.2) is 0 Å². The van der Waals surface area contributed by atoms with E-state index in [-0.39, 0.29) is 12.3 Å². The van der Waals surface area contributed by atoms with E-state index >= 15 is 0 Å². The second-order valence-electron chi connectivity index (χ2n) is 5.27. The van der Waals surface area contributed by atoms with Crippen LogP contribution in [-0.4, -0.2) is 25.6 Å². The number of amides is 1. The second-order valence-corrected chi connectivity index (χ2v) is 5.27. The summed E-state index contributed by atoms with van der Waals surface area (Å²) in [5.41, 5.74) is 2.62. The Morgan fingerprint density at radius 2 is 1.79 bits per heavy atom. The first-order valence-corrected chi connectivity index (χ1v) is 7.74. The molecular weight excluding hydrogens is 306 g/mol. The van der Waals surface area contributed by atoms with Crippen molar-refractivity contribution < 1.29 is 19.1 Å². The van der Waals surface area contributed by atoms with Gasteiger partial charge in [-0.1, -0.05) is 18.2 Å². The molecule has 5 heteroatoms. The van der Waals surface area contributed by atoms with Crippen molar-refractivity contribution in [3.63, 3.8) is 0 Å². The minimum absolute atomic E-state index is 0.149. The Labute approximate surface area is 141 Å². The Kier molecular flexibility index (Phi) is 5.95. The van der Waals surface area contributed by atoms with Gasteiger partial charge in [-0.05, 0) is 49.2 Å². The minimum atomic E-state index is -0.421. The third-order valence-electron chi connectivity index (χ3n) is 3.61. The number of methoxy groups -OCH3 is 1. The first kappa shape index (κ1) is 17.5. The van der Waals surface area contributed by atoms with Crippen LogP contribution in [0.1, 0.15) is 28.4 Å². The normalized spacial score (nSPS) is 10.1. The number of carbonyl (C=O) groups excluding carboxylic acids is 2. The summed E-state index contributed by atoms with van der Waals surface area (Å²) in [6, 6.07) is 12.6. The summed E-state index contributed by atoms with van der Waals surface area (Å²) in [5.74, 6) is 0.211. The zero-order valence-corrected chi connectivity index (χ0v) is 14.1. The maximum absolute atomic E-state index is 12.2. The van der Waals surface area contributed by atoms with Gasteiger partial charge in [0.1, 0.15) is 5.75 Å². The maximum atomic E-state index is 12.2. The Morgan fingerprint density at radius 1 is 1.08 bits per heavy atom. The number of esters is 1. The van der Waals surface area contributed by atoms with E-state index in [0.29, 0.717) is 23.4 Å². The quantitative estimate of drug-likeness (QED) is 0.826. The fraction of sp³-hybridized carbons (Fsp3) is 0.263. The molecule has 0 aliphatic carbocycles. The molecular formula is C19H21NO4. The van der Waals surface area contributed by atoms with E-state index in [1.54, 1.807) is 25.1 Å². The van der Waals surface area contributed by atoms with Gasteiger partial charge in [-0.2, -0.15) is 0 Å². The SMILES string of the molecule is CCOc1ccc(CC(=O)Nc2cccc(C(=O)OC)c2C)cc1. The number of carbonyl (C=O) groups is 2. The minimum Gasteiger partial charge on any atom is -0.494 e. The highest BCUT2D eigenvalue weighted by Crippen LogP contribution is 2.20. The highest BCUT2D eigenvalue weighted by Gasteiger charge is 2.13. The molecule has 126 valence electrons. The molecule has 1 N–H and O–H groups in total. The summed E-state index contributed by atoms with van der Waals surface area (Å²) in [7, 11) is 1.33. The van der Waals surface area contributed by atoms with Crippen molar-refractivity contribution in [2.45, 2.75) is 20.3 Å². The Bertz CT molecular complexity index is 723. The van der Waals surface area contributed by atoms with E-state index in [2.05, 4.69) is 5.32 Å². The summed E-state index contributed by atoms with van der Waals surface area (Å²) < 4.78 is 10.1. The van der Waals surface area contributed by atoms with Gasteiger partial charge in [0.25, 0.3) is 0 Å². The van der Waals surface area contributed by atoms with E-state index in [4.69, 9.17) is 9.47 Å². The van der Waals surface area contributed by atoms with Gasteiger partial charge in [0.2, 0.25) is 5.91 Å². The monoisotopic (exact) mass is 327 g/mol. The topological polar surface area (TPSA) is 64.6 Å². The molecule has 0 fully saturated rings. The van der Waals surface area contributed by atoms with Crippen LogP contribution in [-0.2, 0) is 16.0 Å². The lowest BCUT2D eigenvalue weighted by Gasteiger charge is -2.11. The molecule has 0 heterocycles. The van der Waals surface area contributed by atoms with Crippen LogP contribution in [0.5, 0.6) is 5.75 Å². The van der Waals surface area contributed by atoms with Gasteiger partial charge in [-0.15, -0.1) is 0 Å². The number of benzene rings is 2. The third kappa shape index (κ3) is 4.35. The lowest BCUT2D eigenvalue weighted by Crippen LogP contribution is -2.16. The molecule has 2 rings (SSSR count). The Morgan fingerprint density at radius 3 is 2.42 bits per heavy atom. The van der Waals surface area contributed by atoms with E-state index in [0.717, 1.165) is 11.3 Å². The number of nitrogens with one attached hydrogen (secondary N) is 1. The average molecular weight is 327 g/mol. The average Bonchev–Trinajstić information content (AvgIpc) is 2.58. The summed E-state index contributed by atoms with van der Waals surface area (Å²) in [4.78, 5) is 23.9. The third-order valence-corrected chi connectivity index (χ3v) is 3.61. The number of anilines is 1. The number of rotatable bonds is 6. The molecule has 0 atom stereocenters. The van der Waals surface area contributed by atoms with Crippen molar-refractivity contribution >= 4 is 17.6 Å². The van der Waals surface area contributed by atoms with E-state index < -0.39 is 5.97 Å². The van der Waals surface area contributed by atoms with Gasteiger partial charge >= 0.3 is 5.97 Å². The zero-order valence-electron chi connectivity index (χ0n) is 14.1. The highest BCUT2D eigenvalue weighted by atomic mass is 16.5. The first-order valence-electron chi connectivity index (χ1n) is 7.74. The molecule has 0 aliphatic rings. The fourth-order valence-corrected chi connectivity index (χ4v) is 2.35. The van der Waals surface area contributed by atoms with E-state index in [9.17, 15) is 9.59 Å². The molecule has 0 saturated carbocycles. The maximum Gasteiger partial charge on any atom is 0.338 e. The summed E-state index contributed by atoms with van der Waals surface area (Å²) in [6.45, 7) is 4.31. The lowest BCUT2D eigenvalue weighted by atomic mass is 10.1. The predicted molar refractivity (Wildman–Crippen MR) is 92.5 cm³/mol. The van der Waals surface area contributed by atoms with Crippen molar-refractivity contribution in [2.75, 3.05) is 19.0 Å². The molecule has 0 saturated heterocycles. The van der Waals surface area contributed by atoms with Gasteiger partial charge in [-0.25, -0.2) is 4.79 Å². The van der Waals surface area contributed by atoms with Crippen LogP contribution in [0.15, 0.2) is 42.5 Å². The number of ether oxygens (including phenoxy) is 2. The van der Waals surface area contributed by atoms with Gasteiger partial charge in [0, 0.05) is 5.69 Å². The van der Waals surface area contributed by atoms with E-state index in [1.807, 2.05) is 31.2 Å².